The van der Waals surface area contributed by atoms with E-state index < -0.39 is 0 Å². The number of carbonyl (C=O) groups is 1. The van der Waals surface area contributed by atoms with E-state index in [1.807, 2.05) is 5.38 Å². The lowest BCUT2D eigenvalue weighted by Crippen LogP contribution is -2.26. The number of pyridine rings is 1. The minimum atomic E-state index is -0.169. The summed E-state index contributed by atoms with van der Waals surface area (Å²) in [5, 5.41) is 10.5. The number of hydrogen-bond acceptors (Lipinski definition) is 4. The molecule has 2 rings (SSSR count). The van der Waals surface area contributed by atoms with Gasteiger partial charge in [-0.1, -0.05) is 18.5 Å². The summed E-state index contributed by atoms with van der Waals surface area (Å²) in [5.41, 5.74) is 1.68. The number of anilines is 1. The number of nitrogens with zero attached hydrogens (tertiary/aromatic N) is 1. The third-order valence-electron chi connectivity index (χ3n) is 2.94. The average Bonchev–Trinajstić information content (AvgIpc) is 2.99. The average molecular weight is 324 g/mol. The Morgan fingerprint density at radius 3 is 3.00 bits per heavy atom. The van der Waals surface area contributed by atoms with Crippen LogP contribution in [0.15, 0.2) is 29.1 Å². The largest absolute Gasteiger partial charge is 0.370 e. The van der Waals surface area contributed by atoms with Gasteiger partial charge < -0.3 is 10.6 Å². The first-order chi connectivity index (χ1) is 10.2. The highest BCUT2D eigenvalue weighted by atomic mass is 35.5. The number of amides is 1. The molecule has 112 valence electrons. The Labute approximate surface area is 133 Å². The van der Waals surface area contributed by atoms with Gasteiger partial charge in [-0.2, -0.15) is 11.3 Å². The quantitative estimate of drug-likeness (QED) is 0.818. The highest BCUT2D eigenvalue weighted by Crippen LogP contribution is 2.18. The van der Waals surface area contributed by atoms with Crippen LogP contribution in [0.25, 0.3) is 0 Å². The molecule has 4 nitrogen and oxygen atoms in total. The van der Waals surface area contributed by atoms with Crippen molar-refractivity contribution in [2.24, 2.45) is 0 Å². The van der Waals surface area contributed by atoms with E-state index in [4.69, 9.17) is 11.6 Å². The Kier molecular flexibility index (Phi) is 6.02. The van der Waals surface area contributed by atoms with Gasteiger partial charge in [-0.15, -0.1) is 0 Å². The highest BCUT2D eigenvalue weighted by molar-refractivity contribution is 7.07. The second-order valence-corrected chi connectivity index (χ2v) is 5.80. The van der Waals surface area contributed by atoms with Crippen LogP contribution in [0.3, 0.4) is 0 Å². The Balaban J connectivity index is 1.94. The van der Waals surface area contributed by atoms with Crippen molar-refractivity contribution in [2.75, 3.05) is 18.4 Å². The van der Waals surface area contributed by atoms with E-state index in [0.717, 1.165) is 19.4 Å². The van der Waals surface area contributed by atoms with Crippen LogP contribution in [0, 0.1) is 0 Å². The van der Waals surface area contributed by atoms with Crippen molar-refractivity contribution in [3.63, 3.8) is 0 Å². The summed E-state index contributed by atoms with van der Waals surface area (Å²) < 4.78 is 0. The van der Waals surface area contributed by atoms with Crippen LogP contribution >= 0.6 is 22.9 Å². The van der Waals surface area contributed by atoms with Gasteiger partial charge in [0.05, 0.1) is 10.6 Å². The molecular weight excluding hydrogens is 306 g/mol. The number of carbonyl (C=O) groups excluding carboxylic acids is 1. The van der Waals surface area contributed by atoms with Crippen molar-refractivity contribution >= 4 is 34.7 Å². The van der Waals surface area contributed by atoms with Gasteiger partial charge in [-0.05, 0) is 41.3 Å². The molecule has 0 aliphatic carbocycles. The molecule has 0 aliphatic rings. The maximum Gasteiger partial charge on any atom is 0.253 e. The molecule has 2 aromatic rings. The minimum absolute atomic E-state index is 0.169. The Morgan fingerprint density at radius 1 is 1.43 bits per heavy atom. The zero-order valence-corrected chi connectivity index (χ0v) is 13.4. The van der Waals surface area contributed by atoms with Crippen LogP contribution in [-0.2, 0) is 6.42 Å². The summed E-state index contributed by atoms with van der Waals surface area (Å²) in [4.78, 5) is 16.3. The summed E-state index contributed by atoms with van der Waals surface area (Å²) in [6, 6.07) is 3.75. The fourth-order valence-electron chi connectivity index (χ4n) is 1.81. The second kappa shape index (κ2) is 8.00. The smallest absolute Gasteiger partial charge is 0.253 e. The first-order valence-corrected chi connectivity index (χ1v) is 8.21. The molecule has 1 amide bonds. The Bertz CT molecular complexity index is 587. The molecular formula is C15H18ClN3OS. The minimum Gasteiger partial charge on any atom is -0.370 e. The van der Waals surface area contributed by atoms with Crippen LogP contribution in [0.1, 0.15) is 29.3 Å². The fraction of sp³-hybridized carbons (Fsp3) is 0.333. The summed E-state index contributed by atoms with van der Waals surface area (Å²) in [5.74, 6) is 0.501. The summed E-state index contributed by atoms with van der Waals surface area (Å²) in [7, 11) is 0. The van der Waals surface area contributed by atoms with Crippen molar-refractivity contribution in [1.82, 2.24) is 10.3 Å². The van der Waals surface area contributed by atoms with Crippen LogP contribution in [0.4, 0.5) is 5.82 Å². The van der Waals surface area contributed by atoms with E-state index in [0.29, 0.717) is 22.9 Å². The van der Waals surface area contributed by atoms with Gasteiger partial charge >= 0.3 is 0 Å². The predicted molar refractivity (Wildman–Crippen MR) is 88.4 cm³/mol. The maximum atomic E-state index is 12.2. The van der Waals surface area contributed by atoms with Gasteiger partial charge in [0.25, 0.3) is 5.91 Å². The zero-order valence-electron chi connectivity index (χ0n) is 11.9. The van der Waals surface area contributed by atoms with Crippen LogP contribution < -0.4 is 10.6 Å². The summed E-state index contributed by atoms with van der Waals surface area (Å²) in [6.07, 6.45) is 3.32. The van der Waals surface area contributed by atoms with Gasteiger partial charge in [0.2, 0.25) is 0 Å². The van der Waals surface area contributed by atoms with Gasteiger partial charge in [-0.3, -0.25) is 4.79 Å². The molecule has 21 heavy (non-hydrogen) atoms. The lowest BCUT2D eigenvalue weighted by molar-refractivity contribution is 0.0954. The number of thiophene rings is 1. The zero-order chi connectivity index (χ0) is 15.1. The molecule has 0 radical (unpaired) electrons. The number of rotatable bonds is 7. The molecule has 2 aromatic heterocycles. The number of hydrogen-bond donors (Lipinski definition) is 2. The van der Waals surface area contributed by atoms with Crippen molar-refractivity contribution in [3.05, 3.63) is 45.2 Å². The molecule has 0 spiro atoms. The van der Waals surface area contributed by atoms with Gasteiger partial charge in [0.15, 0.2) is 0 Å². The topological polar surface area (TPSA) is 54.0 Å². The van der Waals surface area contributed by atoms with E-state index in [2.05, 4.69) is 34.0 Å². The molecule has 0 unspecified atom stereocenters. The normalized spacial score (nSPS) is 10.4. The molecule has 0 saturated heterocycles. The van der Waals surface area contributed by atoms with E-state index in [-0.39, 0.29) is 5.91 Å². The van der Waals surface area contributed by atoms with Crippen LogP contribution in [0.2, 0.25) is 5.02 Å². The van der Waals surface area contributed by atoms with Gasteiger partial charge in [0, 0.05) is 19.3 Å². The second-order valence-electron chi connectivity index (χ2n) is 4.61. The molecule has 0 aliphatic heterocycles. The lowest BCUT2D eigenvalue weighted by Gasteiger charge is -2.09. The first kappa shape index (κ1) is 15.8. The monoisotopic (exact) mass is 323 g/mol. The van der Waals surface area contributed by atoms with Crippen molar-refractivity contribution in [1.29, 1.82) is 0 Å². The molecule has 6 heteroatoms. The van der Waals surface area contributed by atoms with Crippen LogP contribution in [0.5, 0.6) is 0 Å². The number of nitrogens with one attached hydrogen (secondary N) is 2. The third-order valence-corrected chi connectivity index (χ3v) is 3.97. The number of halogens is 1. The van der Waals surface area contributed by atoms with Crippen LogP contribution in [-0.4, -0.2) is 24.0 Å². The molecule has 0 bridgehead atoms. The van der Waals surface area contributed by atoms with Crippen molar-refractivity contribution < 1.29 is 4.79 Å². The number of aromatic nitrogens is 1. The third kappa shape index (κ3) is 4.72. The van der Waals surface area contributed by atoms with Crippen molar-refractivity contribution in [2.45, 2.75) is 19.8 Å². The maximum absolute atomic E-state index is 12.2. The molecule has 2 N–H and O–H groups in total. The molecule has 2 heterocycles. The van der Waals surface area contributed by atoms with E-state index in [1.165, 1.54) is 11.8 Å². The molecule has 0 saturated carbocycles. The fourth-order valence-corrected chi connectivity index (χ4v) is 2.71. The lowest BCUT2D eigenvalue weighted by atomic mass is 10.2. The molecule has 0 fully saturated rings. The first-order valence-electron chi connectivity index (χ1n) is 6.89. The highest BCUT2D eigenvalue weighted by Gasteiger charge is 2.11. The summed E-state index contributed by atoms with van der Waals surface area (Å²) in [6.45, 7) is 3.47. The van der Waals surface area contributed by atoms with Gasteiger partial charge in [-0.25, -0.2) is 4.98 Å². The predicted octanol–water partition coefficient (Wildman–Crippen LogP) is 3.59. The van der Waals surface area contributed by atoms with E-state index >= 15 is 0 Å². The van der Waals surface area contributed by atoms with E-state index in [9.17, 15) is 4.79 Å². The SMILES string of the molecule is CCCNc1cc(C(=O)NCCc2ccsc2)c(Cl)cn1. The molecule has 0 atom stereocenters. The standard InChI is InChI=1S/C15H18ClN3OS/c1-2-5-17-14-8-12(13(16)9-19-14)15(20)18-6-3-11-4-7-21-10-11/h4,7-10H,2-3,5-6H2,1H3,(H,17,19)(H,18,20). The van der Waals surface area contributed by atoms with Gasteiger partial charge in [0.1, 0.15) is 5.82 Å². The Hall–Kier alpha value is -1.59. The van der Waals surface area contributed by atoms with E-state index in [1.54, 1.807) is 17.4 Å². The molecule has 0 aromatic carbocycles. The van der Waals surface area contributed by atoms with Crippen molar-refractivity contribution in [3.8, 4) is 0 Å². The Morgan fingerprint density at radius 2 is 2.29 bits per heavy atom. The summed E-state index contributed by atoms with van der Waals surface area (Å²) >= 11 is 7.71.